The van der Waals surface area contributed by atoms with Crippen molar-refractivity contribution in [3.05, 3.63) is 72.9 Å². The van der Waals surface area contributed by atoms with Crippen molar-refractivity contribution in [2.45, 2.75) is 48.5 Å². The molecule has 0 rings (SSSR count). The van der Waals surface area contributed by atoms with Crippen LogP contribution in [0.3, 0.4) is 0 Å². The summed E-state index contributed by atoms with van der Waals surface area (Å²) in [6.07, 6.45) is 19.7. The molecule has 0 fully saturated rings. The average molecular weight is 311 g/mol. The van der Waals surface area contributed by atoms with Gasteiger partial charge in [-0.2, -0.15) is 0 Å². The quantitative estimate of drug-likeness (QED) is 0.385. The molecular weight excluding hydrogens is 276 g/mol. The Labute approximate surface area is 146 Å². The van der Waals surface area contributed by atoms with Gasteiger partial charge in [0.25, 0.3) is 0 Å². The van der Waals surface area contributed by atoms with Crippen molar-refractivity contribution in [1.82, 2.24) is 0 Å². The lowest BCUT2D eigenvalue weighted by atomic mass is 10.2. The minimum Gasteiger partial charge on any atom is -0.120 e. The van der Waals surface area contributed by atoms with Crippen molar-refractivity contribution >= 4 is 0 Å². The molecule has 0 amide bonds. The summed E-state index contributed by atoms with van der Waals surface area (Å²) in [5.74, 6) is 8.36. The third kappa shape index (κ3) is 28.5. The summed E-state index contributed by atoms with van der Waals surface area (Å²) in [6.45, 7) is 21.0. The van der Waals surface area contributed by atoms with Crippen LogP contribution < -0.4 is 0 Å². The van der Waals surface area contributed by atoms with Crippen molar-refractivity contribution in [2.75, 3.05) is 0 Å². The number of terminal acetylenes is 1. The predicted molar refractivity (Wildman–Crippen MR) is 111 cm³/mol. The molecule has 23 heavy (non-hydrogen) atoms. The van der Waals surface area contributed by atoms with Crippen molar-refractivity contribution in [3.8, 4) is 24.2 Å². The lowest BCUT2D eigenvalue weighted by molar-refractivity contribution is 1.50. The molecule has 0 aliphatic rings. The molecule has 0 saturated carbocycles. The van der Waals surface area contributed by atoms with Crippen molar-refractivity contribution in [2.24, 2.45) is 0 Å². The lowest BCUT2D eigenvalue weighted by Gasteiger charge is -1.88. The van der Waals surface area contributed by atoms with E-state index in [1.54, 1.807) is 19.1 Å². The summed E-state index contributed by atoms with van der Waals surface area (Å²) in [5.41, 5.74) is 1.84. The van der Waals surface area contributed by atoms with Gasteiger partial charge in [-0.1, -0.05) is 89.1 Å². The van der Waals surface area contributed by atoms with Gasteiger partial charge in [0.05, 0.1) is 0 Å². The van der Waals surface area contributed by atoms with Crippen LogP contribution in [0.15, 0.2) is 72.9 Å². The van der Waals surface area contributed by atoms with E-state index in [2.05, 4.69) is 37.3 Å². The highest BCUT2D eigenvalue weighted by Gasteiger charge is 1.84. The molecule has 0 aliphatic heterocycles. The molecule has 0 heteroatoms. The summed E-state index contributed by atoms with van der Waals surface area (Å²) in [4.78, 5) is 0. The number of hydrogen-bond donors (Lipinski definition) is 0. The molecule has 0 saturated heterocycles. The van der Waals surface area contributed by atoms with Gasteiger partial charge in [0.15, 0.2) is 0 Å². The van der Waals surface area contributed by atoms with Gasteiger partial charge in [-0.15, -0.1) is 12.3 Å². The maximum absolute atomic E-state index is 4.60. The summed E-state index contributed by atoms with van der Waals surface area (Å²) in [6, 6.07) is 0. The number of hydrogen-bond acceptors (Lipinski definition) is 0. The molecule has 0 unspecified atom stereocenters. The molecule has 0 aromatic rings. The molecule has 0 bridgehead atoms. The molecule has 0 heterocycles. The normalized spacial score (nSPS) is 9.65. The van der Waals surface area contributed by atoms with E-state index in [9.17, 15) is 0 Å². The number of rotatable bonds is 4. The van der Waals surface area contributed by atoms with E-state index in [1.165, 1.54) is 0 Å². The van der Waals surface area contributed by atoms with Crippen LogP contribution >= 0.6 is 0 Å². The van der Waals surface area contributed by atoms with Gasteiger partial charge in [-0.25, -0.2) is 0 Å². The molecule has 0 spiro atoms. The average Bonchev–Trinajstić information content (AvgIpc) is 2.59. The molecule has 126 valence electrons. The maximum Gasteiger partial charge on any atom is 0.0245 e. The van der Waals surface area contributed by atoms with Gasteiger partial charge in [0.2, 0.25) is 0 Å². The monoisotopic (exact) mass is 310 g/mol. The molecule has 0 aliphatic carbocycles. The van der Waals surface area contributed by atoms with Crippen molar-refractivity contribution < 1.29 is 0 Å². The van der Waals surface area contributed by atoms with Crippen LogP contribution in [0.1, 0.15) is 48.5 Å². The second-order valence-electron chi connectivity index (χ2n) is 3.25. The summed E-state index contributed by atoms with van der Waals surface area (Å²) in [5, 5.41) is 0. The fourth-order valence-electron chi connectivity index (χ4n) is 0.950. The fraction of sp³-hybridized carbons (Fsp3) is 0.304. The first-order valence-corrected chi connectivity index (χ1v) is 8.00. The van der Waals surface area contributed by atoms with E-state index in [0.717, 1.165) is 11.1 Å². The van der Waals surface area contributed by atoms with E-state index in [0.29, 0.717) is 0 Å². The fourth-order valence-corrected chi connectivity index (χ4v) is 0.950. The van der Waals surface area contributed by atoms with Crippen LogP contribution in [0, 0.1) is 24.2 Å². The van der Waals surface area contributed by atoms with Crippen LogP contribution in [0.4, 0.5) is 0 Å². The first-order chi connectivity index (χ1) is 11.2. The standard InChI is InChI=1S/C16H18.C3H4.2C2H6/c1-5-9-12-15(8-4)13-14-16(10-6-2)11-7-3;1-3-2;2*1-2/h5-12H,2,4H2,1,3H3;1H,2H3;2*1-2H3/b9-5-,11-7-,15-12+,16-10+;;;. The minimum absolute atomic E-state index is 0.901. The molecule has 0 atom stereocenters. The Balaban J connectivity index is -0.000000222. The van der Waals surface area contributed by atoms with E-state index in [-0.39, 0.29) is 0 Å². The Morgan fingerprint density at radius 3 is 1.70 bits per heavy atom. The molecule has 0 aromatic heterocycles. The Morgan fingerprint density at radius 2 is 1.35 bits per heavy atom. The van der Waals surface area contributed by atoms with E-state index >= 15 is 0 Å². The minimum atomic E-state index is 0.901. The second-order valence-corrected chi connectivity index (χ2v) is 3.25. The number of allylic oxidation sites excluding steroid dienone is 10. The topological polar surface area (TPSA) is 0 Å². The van der Waals surface area contributed by atoms with Crippen LogP contribution in [0.5, 0.6) is 0 Å². The zero-order valence-electron chi connectivity index (χ0n) is 16.1. The second kappa shape index (κ2) is 31.8. The molecule has 0 aromatic carbocycles. The highest BCUT2D eigenvalue weighted by atomic mass is 13.9. The van der Waals surface area contributed by atoms with Gasteiger partial charge in [-0.05, 0) is 32.9 Å². The summed E-state index contributed by atoms with van der Waals surface area (Å²) in [7, 11) is 0. The molecule has 0 N–H and O–H groups in total. The highest BCUT2D eigenvalue weighted by molar-refractivity contribution is 5.48. The first-order valence-electron chi connectivity index (χ1n) is 8.00. The van der Waals surface area contributed by atoms with E-state index in [4.69, 9.17) is 0 Å². The Kier molecular flexibility index (Phi) is 39.6. The molecule has 0 radical (unpaired) electrons. The van der Waals surface area contributed by atoms with Gasteiger partial charge in [0, 0.05) is 11.1 Å². The maximum atomic E-state index is 4.60. The van der Waals surface area contributed by atoms with E-state index < -0.39 is 0 Å². The zero-order chi connectivity index (χ0) is 18.9. The predicted octanol–water partition coefficient (Wildman–Crippen LogP) is 7.06. The molecular formula is C23H34. The Morgan fingerprint density at radius 1 is 0.870 bits per heavy atom. The third-order valence-electron chi connectivity index (χ3n) is 1.68. The van der Waals surface area contributed by atoms with Crippen LogP contribution in [-0.4, -0.2) is 0 Å². The Hall–Kier alpha value is -2.44. The lowest BCUT2D eigenvalue weighted by Crippen LogP contribution is -1.74. The first kappa shape index (κ1) is 28.7. The smallest absolute Gasteiger partial charge is 0.0245 e. The van der Waals surface area contributed by atoms with Gasteiger partial charge in [-0.3, -0.25) is 0 Å². The summed E-state index contributed by atoms with van der Waals surface area (Å²) < 4.78 is 0. The summed E-state index contributed by atoms with van der Waals surface area (Å²) >= 11 is 0. The van der Waals surface area contributed by atoms with Gasteiger partial charge >= 0.3 is 0 Å². The van der Waals surface area contributed by atoms with Gasteiger partial charge < -0.3 is 0 Å². The van der Waals surface area contributed by atoms with E-state index in [1.807, 2.05) is 78.0 Å². The largest absolute Gasteiger partial charge is 0.120 e. The van der Waals surface area contributed by atoms with Crippen molar-refractivity contribution in [1.29, 1.82) is 0 Å². The van der Waals surface area contributed by atoms with Crippen LogP contribution in [0.2, 0.25) is 0 Å². The van der Waals surface area contributed by atoms with Crippen LogP contribution in [-0.2, 0) is 0 Å². The molecule has 0 nitrogen and oxygen atoms in total. The van der Waals surface area contributed by atoms with Gasteiger partial charge in [0.1, 0.15) is 0 Å². The highest BCUT2D eigenvalue weighted by Crippen LogP contribution is 1.99. The van der Waals surface area contributed by atoms with Crippen molar-refractivity contribution in [3.63, 3.8) is 0 Å². The Bertz CT molecular complexity index is 474. The third-order valence-corrected chi connectivity index (χ3v) is 1.68. The SMILES string of the molecule is C#CC.C=C/C=C(C#C/C(C=C)=C/C=C\C)\C=C/C.CC.CC. The van der Waals surface area contributed by atoms with Crippen LogP contribution in [0.25, 0.3) is 0 Å². The zero-order valence-corrected chi connectivity index (χ0v) is 16.1.